The first-order valence-electron chi connectivity index (χ1n) is 4.98. The van der Waals surface area contributed by atoms with Crippen LogP contribution in [0.25, 0.3) is 16.2 Å². The Balaban J connectivity index is 2.56. The highest BCUT2D eigenvalue weighted by Gasteiger charge is 2.07. The topological polar surface area (TPSA) is 30.1 Å². The number of nitrogens with zero attached hydrogens (tertiary/aromatic N) is 3. The van der Waals surface area contributed by atoms with Crippen LogP contribution >= 0.6 is 0 Å². The first kappa shape index (κ1) is 10.3. The zero-order valence-electron chi connectivity index (χ0n) is 9.23. The maximum absolute atomic E-state index is 6.98. The van der Waals surface area contributed by atoms with Crippen LogP contribution in [0.5, 0.6) is 0 Å². The Hall–Kier alpha value is -2.21. The van der Waals surface area contributed by atoms with Crippen molar-refractivity contribution in [3.8, 4) is 11.4 Å². The summed E-state index contributed by atoms with van der Waals surface area (Å²) in [7, 11) is 0. The number of aryl methyl sites for hydroxylation is 2. The Morgan fingerprint density at radius 3 is 2.50 bits per heavy atom. The largest absolute Gasteiger partial charge is 0.361 e. The molecule has 78 valence electrons. The number of rotatable bonds is 1. The molecule has 0 fully saturated rings. The lowest BCUT2D eigenvalue weighted by molar-refractivity contribution is 1.22. The highest BCUT2D eigenvalue weighted by Crippen LogP contribution is 2.21. The minimum Gasteiger partial charge on any atom is -0.361 e. The van der Waals surface area contributed by atoms with E-state index in [1.54, 1.807) is 12.3 Å². The molecule has 0 saturated heterocycles. The van der Waals surface area contributed by atoms with Crippen molar-refractivity contribution in [1.29, 1.82) is 0 Å². The number of aromatic nitrogens is 2. The van der Waals surface area contributed by atoms with Crippen LogP contribution in [0.15, 0.2) is 30.5 Å². The van der Waals surface area contributed by atoms with E-state index in [0.29, 0.717) is 5.82 Å². The van der Waals surface area contributed by atoms with Crippen molar-refractivity contribution in [3.05, 3.63) is 53.0 Å². The summed E-state index contributed by atoms with van der Waals surface area (Å²) in [6.45, 7) is 10.9. The molecule has 2 aromatic rings. The van der Waals surface area contributed by atoms with Crippen LogP contribution in [0, 0.1) is 20.4 Å². The van der Waals surface area contributed by atoms with E-state index in [1.165, 1.54) is 0 Å². The second kappa shape index (κ2) is 4.11. The second-order valence-electron chi connectivity index (χ2n) is 3.72. The van der Waals surface area contributed by atoms with E-state index >= 15 is 0 Å². The van der Waals surface area contributed by atoms with Crippen molar-refractivity contribution >= 4 is 5.82 Å². The Morgan fingerprint density at radius 1 is 1.06 bits per heavy atom. The molecule has 0 aliphatic rings. The molecule has 0 saturated carbocycles. The van der Waals surface area contributed by atoms with Gasteiger partial charge in [-0.3, -0.25) is 4.98 Å². The summed E-state index contributed by atoms with van der Waals surface area (Å²) in [5.41, 5.74) is 3.74. The first-order valence-corrected chi connectivity index (χ1v) is 4.98. The summed E-state index contributed by atoms with van der Waals surface area (Å²) in [5.74, 6) is 0.415. The highest BCUT2D eigenvalue weighted by molar-refractivity contribution is 5.59. The predicted molar refractivity (Wildman–Crippen MR) is 63.2 cm³/mol. The van der Waals surface area contributed by atoms with Crippen molar-refractivity contribution in [2.75, 3.05) is 0 Å². The third-order valence-corrected chi connectivity index (χ3v) is 2.25. The maximum Gasteiger partial charge on any atom is 0.270 e. The van der Waals surface area contributed by atoms with Crippen LogP contribution in [0.3, 0.4) is 0 Å². The van der Waals surface area contributed by atoms with Gasteiger partial charge < -0.3 is 4.85 Å². The van der Waals surface area contributed by atoms with E-state index in [0.717, 1.165) is 22.5 Å². The van der Waals surface area contributed by atoms with Crippen LogP contribution < -0.4 is 0 Å². The van der Waals surface area contributed by atoms with E-state index in [1.807, 2.05) is 32.0 Å². The monoisotopic (exact) mass is 209 g/mol. The Bertz CT molecular complexity index is 568. The van der Waals surface area contributed by atoms with Crippen LogP contribution in [0.1, 0.15) is 11.1 Å². The van der Waals surface area contributed by atoms with Gasteiger partial charge in [0, 0.05) is 6.20 Å². The molecule has 3 nitrogen and oxygen atoms in total. The van der Waals surface area contributed by atoms with Crippen LogP contribution in [0.4, 0.5) is 5.82 Å². The normalized spacial score (nSPS) is 9.81. The number of hydrogen-bond donors (Lipinski definition) is 0. The Labute approximate surface area is 94.6 Å². The van der Waals surface area contributed by atoms with Gasteiger partial charge in [-0.1, -0.05) is 12.1 Å². The summed E-state index contributed by atoms with van der Waals surface area (Å²) >= 11 is 0. The van der Waals surface area contributed by atoms with Crippen molar-refractivity contribution < 1.29 is 0 Å². The molecule has 0 atom stereocenters. The molecule has 0 N–H and O–H groups in total. The fraction of sp³-hybridized carbons (Fsp3) is 0.154. The molecule has 0 aliphatic carbocycles. The molecule has 2 aromatic heterocycles. The van der Waals surface area contributed by atoms with E-state index in [-0.39, 0.29) is 0 Å². The lowest BCUT2D eigenvalue weighted by atomic mass is 10.1. The van der Waals surface area contributed by atoms with Gasteiger partial charge in [-0.15, -0.1) is 4.98 Å². The summed E-state index contributed by atoms with van der Waals surface area (Å²) in [6, 6.07) is 7.62. The SMILES string of the molecule is [C-]#[N+]c1cc(C)cc(-c2cc(C)ccn2)n1. The lowest BCUT2D eigenvalue weighted by Crippen LogP contribution is -1.89. The zero-order valence-corrected chi connectivity index (χ0v) is 9.23. The Kier molecular flexibility index (Phi) is 2.65. The fourth-order valence-corrected chi connectivity index (χ4v) is 1.51. The van der Waals surface area contributed by atoms with Crippen molar-refractivity contribution in [2.24, 2.45) is 0 Å². The molecule has 3 heteroatoms. The summed E-state index contributed by atoms with van der Waals surface area (Å²) in [5, 5.41) is 0. The van der Waals surface area contributed by atoms with Gasteiger partial charge in [-0.2, -0.15) is 0 Å². The molecule has 0 aliphatic heterocycles. The van der Waals surface area contributed by atoms with Crippen LogP contribution in [-0.2, 0) is 0 Å². The molecule has 0 amide bonds. The van der Waals surface area contributed by atoms with Crippen molar-refractivity contribution in [2.45, 2.75) is 13.8 Å². The van der Waals surface area contributed by atoms with Gasteiger partial charge in [0.25, 0.3) is 5.82 Å². The van der Waals surface area contributed by atoms with E-state index in [2.05, 4.69) is 14.8 Å². The lowest BCUT2D eigenvalue weighted by Gasteiger charge is -2.00. The average Bonchev–Trinajstić information content (AvgIpc) is 2.28. The van der Waals surface area contributed by atoms with Crippen molar-refractivity contribution in [1.82, 2.24) is 9.97 Å². The Morgan fingerprint density at radius 2 is 1.81 bits per heavy atom. The average molecular weight is 209 g/mol. The second-order valence-corrected chi connectivity index (χ2v) is 3.72. The smallest absolute Gasteiger partial charge is 0.270 e. The predicted octanol–water partition coefficient (Wildman–Crippen LogP) is 3.31. The minimum atomic E-state index is 0.415. The first-order chi connectivity index (χ1) is 7.69. The maximum atomic E-state index is 6.98. The van der Waals surface area contributed by atoms with Gasteiger partial charge in [0.15, 0.2) is 5.69 Å². The highest BCUT2D eigenvalue weighted by atomic mass is 14.9. The van der Waals surface area contributed by atoms with Gasteiger partial charge in [0.2, 0.25) is 0 Å². The van der Waals surface area contributed by atoms with E-state index in [9.17, 15) is 0 Å². The molecule has 0 aromatic carbocycles. The van der Waals surface area contributed by atoms with Gasteiger partial charge >= 0.3 is 0 Å². The number of pyridine rings is 2. The summed E-state index contributed by atoms with van der Waals surface area (Å²) < 4.78 is 0. The summed E-state index contributed by atoms with van der Waals surface area (Å²) in [4.78, 5) is 11.9. The molecular weight excluding hydrogens is 198 g/mol. The molecule has 16 heavy (non-hydrogen) atoms. The van der Waals surface area contributed by atoms with Gasteiger partial charge in [0.05, 0.1) is 0 Å². The standard InChI is InChI=1S/C13H11N3/c1-9-4-5-15-11(6-9)12-7-10(2)8-13(14-3)16-12/h4-8H,1-2H3. The van der Waals surface area contributed by atoms with Gasteiger partial charge in [0.1, 0.15) is 5.69 Å². The summed E-state index contributed by atoms with van der Waals surface area (Å²) in [6.07, 6.45) is 1.76. The molecule has 0 spiro atoms. The molecule has 2 heterocycles. The van der Waals surface area contributed by atoms with Crippen LogP contribution in [0.2, 0.25) is 0 Å². The molecule has 2 rings (SSSR count). The van der Waals surface area contributed by atoms with Gasteiger partial charge in [-0.05, 0) is 43.7 Å². The quantitative estimate of drug-likeness (QED) is 0.674. The minimum absolute atomic E-state index is 0.415. The number of hydrogen-bond acceptors (Lipinski definition) is 2. The third-order valence-electron chi connectivity index (χ3n) is 2.25. The van der Waals surface area contributed by atoms with Gasteiger partial charge in [-0.25, -0.2) is 0 Å². The molecule has 0 radical (unpaired) electrons. The third kappa shape index (κ3) is 2.06. The van der Waals surface area contributed by atoms with E-state index in [4.69, 9.17) is 6.57 Å². The van der Waals surface area contributed by atoms with Crippen molar-refractivity contribution in [3.63, 3.8) is 0 Å². The molecular formula is C13H11N3. The fourth-order valence-electron chi connectivity index (χ4n) is 1.51. The molecule has 0 bridgehead atoms. The zero-order chi connectivity index (χ0) is 11.5. The molecule has 0 unspecified atom stereocenters. The van der Waals surface area contributed by atoms with E-state index < -0.39 is 0 Å². The van der Waals surface area contributed by atoms with Crippen LogP contribution in [-0.4, -0.2) is 9.97 Å².